The molecule has 3 nitrogen and oxygen atoms in total. The van der Waals surface area contributed by atoms with Crippen LogP contribution in [0.2, 0.25) is 0 Å². The minimum absolute atomic E-state index is 0.459. The Morgan fingerprint density at radius 1 is 1.61 bits per heavy atom. The molecule has 1 heterocycles. The summed E-state index contributed by atoms with van der Waals surface area (Å²) in [4.78, 5) is 10.8. The fourth-order valence-electron chi connectivity index (χ4n) is 1.60. The van der Waals surface area contributed by atoms with Crippen LogP contribution in [-0.4, -0.2) is 29.1 Å². The van der Waals surface area contributed by atoms with Crippen molar-refractivity contribution < 1.29 is 18.7 Å². The molecule has 0 aromatic carbocycles. The van der Waals surface area contributed by atoms with Gasteiger partial charge in [0.2, 0.25) is 0 Å². The van der Waals surface area contributed by atoms with Crippen LogP contribution in [0.25, 0.3) is 0 Å². The van der Waals surface area contributed by atoms with Gasteiger partial charge in [-0.15, -0.1) is 11.8 Å². The number of nitrogens with one attached hydrogen (secondary N) is 1. The highest BCUT2D eigenvalue weighted by Crippen LogP contribution is 2.27. The van der Waals surface area contributed by atoms with E-state index in [-0.39, 0.29) is 0 Å². The van der Waals surface area contributed by atoms with Crippen molar-refractivity contribution in [3.63, 3.8) is 0 Å². The minimum Gasteiger partial charge on any atom is -0.389 e. The van der Waals surface area contributed by atoms with Crippen LogP contribution in [0.4, 0.5) is 8.78 Å². The molecule has 0 spiro atoms. The predicted molar refractivity (Wildman–Crippen MR) is 63.9 cm³/mol. The predicted octanol–water partition coefficient (Wildman–Crippen LogP) is 1.62. The van der Waals surface area contributed by atoms with Gasteiger partial charge in [0, 0.05) is 19.3 Å². The second-order valence-electron chi connectivity index (χ2n) is 4.19. The van der Waals surface area contributed by atoms with E-state index >= 15 is 0 Å². The molecule has 1 fully saturated rings. The van der Waals surface area contributed by atoms with Gasteiger partial charge in [0.1, 0.15) is 0 Å². The Morgan fingerprint density at radius 3 is 2.89 bits per heavy atom. The molecule has 1 aliphatic heterocycles. The van der Waals surface area contributed by atoms with Crippen molar-refractivity contribution in [2.24, 2.45) is 0 Å². The Morgan fingerprint density at radius 2 is 2.33 bits per heavy atom. The van der Waals surface area contributed by atoms with E-state index in [0.29, 0.717) is 12.8 Å². The monoisotopic (exact) mass is 257 g/mol. The number of hydrogen-bond donors (Lipinski definition) is 2. The average molecular weight is 257 g/mol. The normalized spacial score (nSPS) is 23.6. The maximum Gasteiger partial charge on any atom is 0.326 e. The van der Waals surface area contributed by atoms with E-state index in [9.17, 15) is 18.7 Å². The number of aliphatic hydroxyl groups is 1. The van der Waals surface area contributed by atoms with Gasteiger partial charge in [0.25, 0.3) is 5.91 Å². The van der Waals surface area contributed by atoms with Gasteiger partial charge in [0.15, 0.2) is 0 Å². The number of amides is 1. The second-order valence-corrected chi connectivity index (χ2v) is 4.19. The standard InChI is InChI=1S/C13H17F2NO2/c1-2-3-4-5-6-11(17)8-7-10-9-13(14,15)12(18)16-10/h7-8,10-11,17H,2,5-6,9H2,1H3,(H,16,18)/b8-7+/t10-,11-/m0/s1. The lowest BCUT2D eigenvalue weighted by molar-refractivity contribution is -0.139. The fourth-order valence-corrected chi connectivity index (χ4v) is 1.60. The molecule has 100 valence electrons. The van der Waals surface area contributed by atoms with Crippen molar-refractivity contribution in [3.8, 4) is 11.8 Å². The molecule has 0 bridgehead atoms. The number of aliphatic hydroxyl groups excluding tert-OH is 1. The Kier molecular flexibility index (Phi) is 5.29. The van der Waals surface area contributed by atoms with E-state index in [1.807, 2.05) is 6.92 Å². The molecule has 0 aromatic heterocycles. The van der Waals surface area contributed by atoms with Crippen LogP contribution in [0, 0.1) is 11.8 Å². The van der Waals surface area contributed by atoms with Crippen LogP contribution in [0.3, 0.4) is 0 Å². The lowest BCUT2D eigenvalue weighted by atomic mass is 10.1. The molecule has 0 aromatic rings. The molecule has 0 radical (unpaired) electrons. The van der Waals surface area contributed by atoms with Crippen molar-refractivity contribution in [1.82, 2.24) is 5.32 Å². The van der Waals surface area contributed by atoms with Crippen LogP contribution in [0.1, 0.15) is 32.6 Å². The Labute approximate surface area is 105 Å². The molecule has 18 heavy (non-hydrogen) atoms. The largest absolute Gasteiger partial charge is 0.389 e. The fraction of sp³-hybridized carbons (Fsp3) is 0.615. The van der Waals surface area contributed by atoms with E-state index in [1.54, 1.807) is 0 Å². The van der Waals surface area contributed by atoms with Gasteiger partial charge in [-0.3, -0.25) is 4.79 Å². The maximum atomic E-state index is 12.9. The Bertz CT molecular complexity index is 382. The van der Waals surface area contributed by atoms with Crippen molar-refractivity contribution in [1.29, 1.82) is 0 Å². The topological polar surface area (TPSA) is 49.3 Å². The number of hydrogen-bond acceptors (Lipinski definition) is 2. The summed E-state index contributed by atoms with van der Waals surface area (Å²) < 4.78 is 25.7. The number of halogens is 2. The SMILES string of the molecule is CCC#CCC[C@H](O)/C=C/[C@H]1CC(F)(F)C(=O)N1. The summed E-state index contributed by atoms with van der Waals surface area (Å²) in [6.07, 6.45) is 3.37. The highest BCUT2D eigenvalue weighted by Gasteiger charge is 2.47. The zero-order valence-electron chi connectivity index (χ0n) is 10.2. The summed E-state index contributed by atoms with van der Waals surface area (Å²) in [6, 6.07) is -0.705. The zero-order valence-corrected chi connectivity index (χ0v) is 10.2. The molecular formula is C13H17F2NO2. The van der Waals surface area contributed by atoms with Crippen molar-refractivity contribution in [2.75, 3.05) is 0 Å². The van der Waals surface area contributed by atoms with E-state index in [2.05, 4.69) is 17.2 Å². The minimum atomic E-state index is -3.30. The lowest BCUT2D eigenvalue weighted by Gasteiger charge is -2.05. The first kappa shape index (κ1) is 14.7. The van der Waals surface area contributed by atoms with Gasteiger partial charge in [0.05, 0.1) is 12.1 Å². The van der Waals surface area contributed by atoms with Gasteiger partial charge in [-0.25, -0.2) is 0 Å². The molecule has 2 atom stereocenters. The van der Waals surface area contributed by atoms with E-state index in [4.69, 9.17) is 0 Å². The van der Waals surface area contributed by atoms with Gasteiger partial charge in [-0.1, -0.05) is 19.1 Å². The molecule has 5 heteroatoms. The van der Waals surface area contributed by atoms with Gasteiger partial charge in [-0.05, 0) is 6.42 Å². The van der Waals surface area contributed by atoms with Gasteiger partial charge < -0.3 is 10.4 Å². The summed E-state index contributed by atoms with van der Waals surface area (Å²) in [6.45, 7) is 1.94. The lowest BCUT2D eigenvalue weighted by Crippen LogP contribution is -2.30. The molecule has 2 N–H and O–H groups in total. The molecular weight excluding hydrogens is 240 g/mol. The first-order valence-corrected chi connectivity index (χ1v) is 5.96. The van der Waals surface area contributed by atoms with Crippen molar-refractivity contribution in [2.45, 2.75) is 50.7 Å². The number of carbonyl (C=O) groups is 1. The molecule has 1 saturated heterocycles. The second kappa shape index (κ2) is 6.50. The molecule has 0 unspecified atom stereocenters. The van der Waals surface area contributed by atoms with Crippen LogP contribution in [0.5, 0.6) is 0 Å². The molecule has 1 rings (SSSR count). The summed E-state index contributed by atoms with van der Waals surface area (Å²) in [5.74, 6) is 1.21. The Balaban J connectivity index is 2.34. The quantitative estimate of drug-likeness (QED) is 0.594. The van der Waals surface area contributed by atoms with Crippen molar-refractivity contribution >= 4 is 5.91 Å². The number of rotatable bonds is 4. The summed E-state index contributed by atoms with van der Waals surface area (Å²) in [7, 11) is 0. The van der Waals surface area contributed by atoms with Crippen LogP contribution in [0.15, 0.2) is 12.2 Å². The zero-order chi connectivity index (χ0) is 13.6. The number of carbonyl (C=O) groups excluding carboxylic acids is 1. The maximum absolute atomic E-state index is 12.9. The highest BCUT2D eigenvalue weighted by molar-refractivity contribution is 5.86. The van der Waals surface area contributed by atoms with Crippen molar-refractivity contribution in [3.05, 3.63) is 12.2 Å². The first-order valence-electron chi connectivity index (χ1n) is 5.96. The van der Waals surface area contributed by atoms with E-state index < -0.39 is 30.4 Å². The number of alkyl halides is 2. The van der Waals surface area contributed by atoms with E-state index in [0.717, 1.165) is 6.42 Å². The van der Waals surface area contributed by atoms with Crippen LogP contribution >= 0.6 is 0 Å². The third-order valence-corrected chi connectivity index (χ3v) is 2.56. The highest BCUT2D eigenvalue weighted by atomic mass is 19.3. The molecule has 0 saturated carbocycles. The smallest absolute Gasteiger partial charge is 0.326 e. The van der Waals surface area contributed by atoms with Crippen LogP contribution in [-0.2, 0) is 4.79 Å². The summed E-state index contributed by atoms with van der Waals surface area (Å²) in [5, 5.41) is 11.7. The third-order valence-electron chi connectivity index (χ3n) is 2.56. The molecule has 1 aliphatic rings. The van der Waals surface area contributed by atoms with E-state index in [1.165, 1.54) is 12.2 Å². The van der Waals surface area contributed by atoms with Gasteiger partial charge in [-0.2, -0.15) is 8.78 Å². The molecule has 0 aliphatic carbocycles. The Hall–Kier alpha value is -1.41. The summed E-state index contributed by atoms with van der Waals surface area (Å²) in [5.41, 5.74) is 0. The first-order chi connectivity index (χ1) is 8.45. The average Bonchev–Trinajstić information content (AvgIpc) is 2.56. The summed E-state index contributed by atoms with van der Waals surface area (Å²) >= 11 is 0. The van der Waals surface area contributed by atoms with Crippen LogP contribution < -0.4 is 5.32 Å². The third kappa shape index (κ3) is 4.46. The molecule has 1 amide bonds. The van der Waals surface area contributed by atoms with Gasteiger partial charge >= 0.3 is 5.92 Å².